The summed E-state index contributed by atoms with van der Waals surface area (Å²) in [6.07, 6.45) is 1.15. The first kappa shape index (κ1) is 22.8. The predicted octanol–water partition coefficient (Wildman–Crippen LogP) is 1.78. The minimum Gasteiger partial charge on any atom is -0.493 e. The fourth-order valence-corrected chi connectivity index (χ4v) is 3.88. The van der Waals surface area contributed by atoms with Crippen LogP contribution in [0.5, 0.6) is 11.5 Å². The van der Waals surface area contributed by atoms with Crippen LogP contribution >= 0.6 is 0 Å². The van der Waals surface area contributed by atoms with Crippen molar-refractivity contribution < 1.29 is 18.7 Å². The van der Waals surface area contributed by atoms with Crippen molar-refractivity contribution in [2.75, 3.05) is 51.0 Å². The average Bonchev–Trinajstić information content (AvgIpc) is 2.73. The van der Waals surface area contributed by atoms with E-state index < -0.39 is 5.82 Å². The second kappa shape index (κ2) is 9.51. The van der Waals surface area contributed by atoms with Crippen LogP contribution in [-0.4, -0.2) is 67.2 Å². The molecule has 0 unspecified atom stereocenters. The molecule has 9 nitrogen and oxygen atoms in total. The first-order valence-corrected chi connectivity index (χ1v) is 10.4. The average molecular weight is 435 g/mol. The molecule has 1 atom stereocenters. The minimum absolute atomic E-state index is 0.0350. The van der Waals surface area contributed by atoms with E-state index in [4.69, 9.17) is 20.9 Å². The fourth-order valence-electron chi connectivity index (χ4n) is 3.88. The lowest BCUT2D eigenvalue weighted by molar-refractivity contribution is -0.131. The molecule has 2 aromatic rings. The third kappa shape index (κ3) is 4.90. The summed E-state index contributed by atoms with van der Waals surface area (Å²) in [5, 5.41) is 0.354. The fraction of sp³-hybridized carbons (Fsp3) is 0.571. The molecule has 0 radical (unpaired) electrons. The van der Waals surface area contributed by atoms with Crippen LogP contribution < -0.4 is 25.8 Å². The van der Waals surface area contributed by atoms with E-state index >= 15 is 0 Å². The van der Waals surface area contributed by atoms with Gasteiger partial charge in [0.05, 0.1) is 14.2 Å². The van der Waals surface area contributed by atoms with Crippen LogP contribution in [0, 0.1) is 11.7 Å². The van der Waals surface area contributed by atoms with Crippen molar-refractivity contribution in [3.8, 4) is 11.5 Å². The van der Waals surface area contributed by atoms with Gasteiger partial charge in [0.1, 0.15) is 11.3 Å². The summed E-state index contributed by atoms with van der Waals surface area (Å²) >= 11 is 0. The van der Waals surface area contributed by atoms with Gasteiger partial charge in [-0.05, 0) is 18.4 Å². The zero-order valence-corrected chi connectivity index (χ0v) is 18.5. The first-order chi connectivity index (χ1) is 14.7. The Labute approximate surface area is 181 Å². The Morgan fingerprint density at radius 1 is 1.19 bits per heavy atom. The third-order valence-corrected chi connectivity index (χ3v) is 5.42. The molecule has 1 amide bonds. The highest BCUT2D eigenvalue weighted by molar-refractivity contribution is 5.92. The molecule has 2 heterocycles. The zero-order chi connectivity index (χ0) is 22.7. The molecule has 1 aromatic carbocycles. The van der Waals surface area contributed by atoms with Gasteiger partial charge in [0.25, 0.3) is 0 Å². The number of hydrogen-bond acceptors (Lipinski definition) is 8. The number of benzene rings is 1. The van der Waals surface area contributed by atoms with Gasteiger partial charge in [-0.15, -0.1) is 0 Å². The molecular formula is C21H31FN6O3. The number of halogens is 1. The van der Waals surface area contributed by atoms with Gasteiger partial charge >= 0.3 is 0 Å². The largest absolute Gasteiger partial charge is 0.493 e. The van der Waals surface area contributed by atoms with E-state index in [2.05, 4.69) is 23.8 Å². The molecule has 1 aliphatic heterocycles. The number of nitrogens with zero attached hydrogens (tertiary/aromatic N) is 4. The van der Waals surface area contributed by atoms with E-state index in [1.807, 2.05) is 4.90 Å². The molecule has 1 saturated heterocycles. The minimum atomic E-state index is -0.653. The molecule has 4 N–H and O–H groups in total. The highest BCUT2D eigenvalue weighted by Crippen LogP contribution is 2.37. The Morgan fingerprint density at radius 2 is 1.87 bits per heavy atom. The number of carbonyl (C=O) groups is 1. The summed E-state index contributed by atoms with van der Waals surface area (Å²) < 4.78 is 25.3. The maximum absolute atomic E-state index is 15.0. The van der Waals surface area contributed by atoms with Gasteiger partial charge in [-0.2, -0.15) is 4.98 Å². The van der Waals surface area contributed by atoms with Gasteiger partial charge in [0.15, 0.2) is 17.3 Å². The van der Waals surface area contributed by atoms with Crippen LogP contribution in [0.4, 0.5) is 16.2 Å². The number of carbonyl (C=O) groups excluding carboxylic acids is 1. The van der Waals surface area contributed by atoms with Crippen LogP contribution in [0.1, 0.15) is 26.7 Å². The Bertz CT molecular complexity index is 947. The lowest BCUT2D eigenvalue weighted by Gasteiger charge is -2.35. The van der Waals surface area contributed by atoms with Crippen molar-refractivity contribution in [1.82, 2.24) is 14.9 Å². The van der Waals surface area contributed by atoms with Gasteiger partial charge in [0.2, 0.25) is 11.9 Å². The lowest BCUT2D eigenvalue weighted by Crippen LogP contribution is -2.50. The molecule has 1 fully saturated rings. The van der Waals surface area contributed by atoms with E-state index in [0.29, 0.717) is 49.9 Å². The molecule has 0 spiro atoms. The molecule has 3 rings (SSSR count). The number of fused-ring (bicyclic) bond motifs is 1. The number of methoxy groups -OCH3 is 2. The Morgan fingerprint density at radius 3 is 2.45 bits per heavy atom. The third-order valence-electron chi connectivity index (χ3n) is 5.42. The predicted molar refractivity (Wildman–Crippen MR) is 118 cm³/mol. The summed E-state index contributed by atoms with van der Waals surface area (Å²) in [5.74, 6) is 0.507. The monoisotopic (exact) mass is 434 g/mol. The van der Waals surface area contributed by atoms with Crippen molar-refractivity contribution in [2.24, 2.45) is 11.7 Å². The summed E-state index contributed by atoms with van der Waals surface area (Å²) in [6, 6.07) is 1.43. The quantitative estimate of drug-likeness (QED) is 0.677. The normalized spacial score (nSPS) is 15.5. The topological polar surface area (TPSA) is 120 Å². The molecule has 0 aliphatic carbocycles. The van der Waals surface area contributed by atoms with E-state index in [9.17, 15) is 9.18 Å². The van der Waals surface area contributed by atoms with E-state index in [0.717, 1.165) is 6.42 Å². The first-order valence-electron chi connectivity index (χ1n) is 10.4. The second-order valence-corrected chi connectivity index (χ2v) is 8.19. The summed E-state index contributed by atoms with van der Waals surface area (Å²) in [6.45, 7) is 6.25. The van der Waals surface area contributed by atoms with Crippen LogP contribution in [0.15, 0.2) is 6.07 Å². The summed E-state index contributed by atoms with van der Waals surface area (Å²) in [4.78, 5) is 25.0. The van der Waals surface area contributed by atoms with Crippen molar-refractivity contribution in [1.29, 1.82) is 0 Å². The maximum Gasteiger partial charge on any atom is 0.228 e. The second-order valence-electron chi connectivity index (χ2n) is 8.19. The molecule has 0 bridgehead atoms. The SMILES string of the molecule is COc1cc2c(N)nc(N3CCN(C(=O)C[C@@H](N)CC(C)C)CC3)nc2c(F)c1OC. The number of hydrogen-bond donors (Lipinski definition) is 2. The van der Waals surface area contributed by atoms with E-state index in [-0.39, 0.29) is 34.8 Å². The highest BCUT2D eigenvalue weighted by atomic mass is 19.1. The van der Waals surface area contributed by atoms with Crippen molar-refractivity contribution >= 4 is 28.6 Å². The van der Waals surface area contributed by atoms with Crippen LogP contribution in [0.25, 0.3) is 10.9 Å². The molecule has 0 saturated carbocycles. The van der Waals surface area contributed by atoms with Crippen LogP contribution in [-0.2, 0) is 4.79 Å². The molecule has 10 heteroatoms. The van der Waals surface area contributed by atoms with Crippen molar-refractivity contribution in [3.63, 3.8) is 0 Å². The van der Waals surface area contributed by atoms with Crippen LogP contribution in [0.3, 0.4) is 0 Å². The van der Waals surface area contributed by atoms with Crippen molar-refractivity contribution in [3.05, 3.63) is 11.9 Å². The number of amides is 1. The van der Waals surface area contributed by atoms with E-state index in [1.54, 1.807) is 11.0 Å². The van der Waals surface area contributed by atoms with Gasteiger partial charge in [0, 0.05) is 44.0 Å². The number of anilines is 2. The summed E-state index contributed by atoms with van der Waals surface area (Å²) in [5.41, 5.74) is 12.2. The molecular weight excluding hydrogens is 403 g/mol. The summed E-state index contributed by atoms with van der Waals surface area (Å²) in [7, 11) is 2.78. The lowest BCUT2D eigenvalue weighted by atomic mass is 10.0. The van der Waals surface area contributed by atoms with E-state index in [1.165, 1.54) is 14.2 Å². The number of aromatic nitrogens is 2. The van der Waals surface area contributed by atoms with Gasteiger partial charge in [-0.25, -0.2) is 9.37 Å². The number of piperazine rings is 1. The molecule has 1 aromatic heterocycles. The number of rotatable bonds is 7. The van der Waals surface area contributed by atoms with Gasteiger partial charge in [-0.1, -0.05) is 13.8 Å². The number of ether oxygens (including phenoxy) is 2. The van der Waals surface area contributed by atoms with Gasteiger partial charge < -0.3 is 30.7 Å². The van der Waals surface area contributed by atoms with Crippen LogP contribution in [0.2, 0.25) is 0 Å². The Balaban J connectivity index is 1.75. The Hall–Kier alpha value is -2.88. The molecule has 170 valence electrons. The van der Waals surface area contributed by atoms with Gasteiger partial charge in [-0.3, -0.25) is 4.79 Å². The smallest absolute Gasteiger partial charge is 0.228 e. The molecule has 31 heavy (non-hydrogen) atoms. The maximum atomic E-state index is 15.0. The van der Waals surface area contributed by atoms with Crippen molar-refractivity contribution in [2.45, 2.75) is 32.7 Å². The highest BCUT2D eigenvalue weighted by Gasteiger charge is 2.26. The number of nitrogen functional groups attached to an aromatic ring is 1. The standard InChI is InChI=1S/C21H31FN6O3/c1-12(2)9-13(23)10-16(29)27-5-7-28(8-6-27)21-25-18-14(20(24)26-21)11-15(30-3)19(31-4)17(18)22/h11-13H,5-10,23H2,1-4H3,(H2,24,25,26)/t13-/m0/s1. The Kier molecular flexibility index (Phi) is 6.99. The number of nitrogens with two attached hydrogens (primary N) is 2. The zero-order valence-electron chi connectivity index (χ0n) is 18.5. The molecule has 1 aliphatic rings.